The third kappa shape index (κ3) is 3.81. The van der Waals surface area contributed by atoms with Crippen molar-refractivity contribution < 1.29 is 14.6 Å². The molecule has 0 bridgehead atoms. The fourth-order valence-electron chi connectivity index (χ4n) is 3.52. The average molecular weight is 449 g/mol. The van der Waals surface area contributed by atoms with E-state index in [1.54, 1.807) is 23.3 Å². The molecule has 0 unspecified atom stereocenters. The van der Waals surface area contributed by atoms with Crippen molar-refractivity contribution in [2.45, 2.75) is 25.5 Å². The van der Waals surface area contributed by atoms with E-state index in [0.717, 1.165) is 22.1 Å². The molecule has 0 fully saturated rings. The number of fused-ring (bicyclic) bond motifs is 1. The SMILES string of the molecule is C[C@H](c1c(Cl)ccc(F)c1Cl)c1c[nH]c2ncc(-c3cnn(C[C@H](O)CO)c3)cc12. The number of pyridine rings is 1. The van der Waals surface area contributed by atoms with Crippen LogP contribution in [0, 0.1) is 5.82 Å². The number of nitrogens with zero attached hydrogens (tertiary/aromatic N) is 3. The molecule has 0 amide bonds. The van der Waals surface area contributed by atoms with Crippen molar-refractivity contribution in [1.29, 1.82) is 0 Å². The van der Waals surface area contributed by atoms with Gasteiger partial charge in [-0.25, -0.2) is 9.37 Å². The molecule has 0 spiro atoms. The molecule has 0 aliphatic heterocycles. The average Bonchev–Trinajstić information content (AvgIpc) is 3.37. The lowest BCUT2D eigenvalue weighted by molar-refractivity contribution is 0.0783. The van der Waals surface area contributed by atoms with Gasteiger partial charge in [-0.05, 0) is 29.3 Å². The van der Waals surface area contributed by atoms with Gasteiger partial charge in [-0.3, -0.25) is 4.68 Å². The molecule has 156 valence electrons. The summed E-state index contributed by atoms with van der Waals surface area (Å²) in [6.45, 7) is 1.77. The molecule has 4 aromatic rings. The van der Waals surface area contributed by atoms with Crippen molar-refractivity contribution in [1.82, 2.24) is 19.7 Å². The number of halogens is 3. The summed E-state index contributed by atoms with van der Waals surface area (Å²) in [5, 5.41) is 24.1. The van der Waals surface area contributed by atoms with Crippen molar-refractivity contribution >= 4 is 34.2 Å². The lowest BCUT2D eigenvalue weighted by Gasteiger charge is -2.15. The molecule has 0 aliphatic rings. The van der Waals surface area contributed by atoms with Crippen LogP contribution in [0.25, 0.3) is 22.2 Å². The van der Waals surface area contributed by atoms with Crippen LogP contribution in [0.15, 0.2) is 43.0 Å². The number of aliphatic hydroxyl groups is 2. The predicted octanol–water partition coefficient (Wildman–Crippen LogP) is 4.38. The first kappa shape index (κ1) is 20.8. The molecule has 0 saturated heterocycles. The number of H-pyrrole nitrogens is 1. The normalized spacial score (nSPS) is 13.7. The second kappa shape index (κ2) is 8.35. The van der Waals surface area contributed by atoms with E-state index in [1.165, 1.54) is 12.1 Å². The van der Waals surface area contributed by atoms with E-state index in [4.69, 9.17) is 28.3 Å². The zero-order valence-electron chi connectivity index (χ0n) is 16.0. The van der Waals surface area contributed by atoms with E-state index in [9.17, 15) is 9.50 Å². The van der Waals surface area contributed by atoms with Crippen LogP contribution in [0.2, 0.25) is 10.0 Å². The van der Waals surface area contributed by atoms with E-state index in [-0.39, 0.29) is 24.1 Å². The summed E-state index contributed by atoms with van der Waals surface area (Å²) in [6, 6.07) is 4.72. The smallest absolute Gasteiger partial charge is 0.142 e. The highest BCUT2D eigenvalue weighted by Gasteiger charge is 2.22. The highest BCUT2D eigenvalue weighted by Crippen LogP contribution is 2.39. The van der Waals surface area contributed by atoms with Crippen molar-refractivity contribution in [3.05, 3.63) is 70.0 Å². The van der Waals surface area contributed by atoms with Crippen LogP contribution in [0.5, 0.6) is 0 Å². The van der Waals surface area contributed by atoms with Gasteiger partial charge in [0.05, 0.1) is 30.5 Å². The van der Waals surface area contributed by atoms with Crippen molar-refractivity contribution in [2.75, 3.05) is 6.61 Å². The zero-order valence-corrected chi connectivity index (χ0v) is 17.5. The van der Waals surface area contributed by atoms with Crippen LogP contribution in [0.4, 0.5) is 4.39 Å². The number of benzene rings is 1. The Morgan fingerprint density at radius 3 is 2.80 bits per heavy atom. The molecular formula is C21H19Cl2FN4O2. The van der Waals surface area contributed by atoms with Gasteiger partial charge in [-0.1, -0.05) is 30.1 Å². The maximum Gasteiger partial charge on any atom is 0.142 e. The van der Waals surface area contributed by atoms with Gasteiger partial charge in [-0.15, -0.1) is 0 Å². The molecule has 9 heteroatoms. The van der Waals surface area contributed by atoms with Gasteiger partial charge >= 0.3 is 0 Å². The molecule has 0 saturated carbocycles. The van der Waals surface area contributed by atoms with Gasteiger partial charge < -0.3 is 15.2 Å². The summed E-state index contributed by atoms with van der Waals surface area (Å²) in [5.74, 6) is -0.784. The monoisotopic (exact) mass is 448 g/mol. The Labute approximate surface area is 181 Å². The first-order valence-electron chi connectivity index (χ1n) is 9.31. The molecule has 0 aliphatic carbocycles. The highest BCUT2D eigenvalue weighted by atomic mass is 35.5. The van der Waals surface area contributed by atoms with Crippen LogP contribution < -0.4 is 0 Å². The number of aromatic amines is 1. The lowest BCUT2D eigenvalue weighted by atomic mass is 9.92. The first-order chi connectivity index (χ1) is 14.4. The van der Waals surface area contributed by atoms with Gasteiger partial charge in [-0.2, -0.15) is 5.10 Å². The second-order valence-electron chi connectivity index (χ2n) is 7.13. The predicted molar refractivity (Wildman–Crippen MR) is 114 cm³/mol. The summed E-state index contributed by atoms with van der Waals surface area (Å²) in [7, 11) is 0. The summed E-state index contributed by atoms with van der Waals surface area (Å²) in [5.41, 5.74) is 3.74. The van der Waals surface area contributed by atoms with Gasteiger partial charge in [0.2, 0.25) is 0 Å². The molecule has 0 radical (unpaired) electrons. The number of rotatable bonds is 6. The molecular weight excluding hydrogens is 430 g/mol. The number of hydrogen-bond acceptors (Lipinski definition) is 4. The molecule has 6 nitrogen and oxygen atoms in total. The molecule has 3 aromatic heterocycles. The van der Waals surface area contributed by atoms with Gasteiger partial charge in [0, 0.05) is 46.0 Å². The largest absolute Gasteiger partial charge is 0.394 e. The first-order valence-corrected chi connectivity index (χ1v) is 10.1. The molecule has 4 rings (SSSR count). The Morgan fingerprint density at radius 1 is 1.23 bits per heavy atom. The third-order valence-electron chi connectivity index (χ3n) is 5.12. The van der Waals surface area contributed by atoms with Crippen LogP contribution in [0.3, 0.4) is 0 Å². The van der Waals surface area contributed by atoms with Crippen LogP contribution in [-0.4, -0.2) is 42.7 Å². The van der Waals surface area contributed by atoms with E-state index in [0.29, 0.717) is 16.2 Å². The van der Waals surface area contributed by atoms with Crippen LogP contribution in [0.1, 0.15) is 24.0 Å². The Hall–Kier alpha value is -2.45. The number of nitrogens with one attached hydrogen (secondary N) is 1. The zero-order chi connectivity index (χ0) is 21.4. The third-order valence-corrected chi connectivity index (χ3v) is 5.83. The maximum absolute atomic E-state index is 14.0. The van der Waals surface area contributed by atoms with E-state index >= 15 is 0 Å². The maximum atomic E-state index is 14.0. The Bertz CT molecular complexity index is 1210. The van der Waals surface area contributed by atoms with Crippen molar-refractivity contribution in [3.63, 3.8) is 0 Å². The van der Waals surface area contributed by atoms with Gasteiger partial charge in [0.15, 0.2) is 0 Å². The summed E-state index contributed by atoms with van der Waals surface area (Å²) in [6.07, 6.45) is 6.11. The van der Waals surface area contributed by atoms with Crippen molar-refractivity contribution in [3.8, 4) is 11.1 Å². The Morgan fingerprint density at radius 2 is 2.03 bits per heavy atom. The minimum Gasteiger partial charge on any atom is -0.394 e. The molecule has 3 N–H and O–H groups in total. The molecule has 3 heterocycles. The fourth-order valence-corrected chi connectivity index (χ4v) is 4.22. The van der Waals surface area contributed by atoms with Crippen LogP contribution >= 0.6 is 23.2 Å². The van der Waals surface area contributed by atoms with Crippen molar-refractivity contribution in [2.24, 2.45) is 0 Å². The van der Waals surface area contributed by atoms with Gasteiger partial charge in [0.25, 0.3) is 0 Å². The Kier molecular flexibility index (Phi) is 5.79. The fraction of sp³-hybridized carbons (Fsp3) is 0.238. The number of aromatic nitrogens is 4. The highest BCUT2D eigenvalue weighted by molar-refractivity contribution is 6.36. The van der Waals surface area contributed by atoms with E-state index in [1.807, 2.05) is 19.2 Å². The quantitative estimate of drug-likeness (QED) is 0.382. The number of aliphatic hydroxyl groups excluding tert-OH is 2. The summed E-state index contributed by atoms with van der Waals surface area (Å²) in [4.78, 5) is 7.62. The molecule has 30 heavy (non-hydrogen) atoms. The van der Waals surface area contributed by atoms with E-state index in [2.05, 4.69) is 15.1 Å². The van der Waals surface area contributed by atoms with Crippen LogP contribution in [-0.2, 0) is 6.54 Å². The summed E-state index contributed by atoms with van der Waals surface area (Å²) >= 11 is 12.5. The van der Waals surface area contributed by atoms with E-state index < -0.39 is 11.9 Å². The number of hydrogen-bond donors (Lipinski definition) is 3. The standard InChI is InChI=1S/C21H19Cl2FN4O2/c1-11(19-17(22)2-3-18(24)20(19)23)16-7-26-21-15(16)4-12(5-25-21)13-6-27-28(8-13)9-14(30)10-29/h2-8,11,14,29-30H,9-10H2,1H3,(H,25,26)/t11-,14-/m0/s1. The second-order valence-corrected chi connectivity index (χ2v) is 7.92. The molecule has 2 atom stereocenters. The minimum atomic E-state index is -0.878. The Balaban J connectivity index is 1.73. The lowest BCUT2D eigenvalue weighted by Crippen LogP contribution is -2.19. The minimum absolute atomic E-state index is 0.0113. The molecule has 1 aromatic carbocycles. The topological polar surface area (TPSA) is 87.0 Å². The summed E-state index contributed by atoms with van der Waals surface area (Å²) < 4.78 is 15.6. The van der Waals surface area contributed by atoms with Gasteiger partial charge in [0.1, 0.15) is 11.5 Å².